The number of carbonyl (C=O) groups excluding carboxylic acids is 2. The lowest BCUT2D eigenvalue weighted by molar-refractivity contribution is -0.150. The predicted molar refractivity (Wildman–Crippen MR) is 56.6 cm³/mol. The van der Waals surface area contributed by atoms with E-state index in [0.717, 1.165) is 0 Å². The second-order valence-electron chi connectivity index (χ2n) is 3.85. The quantitative estimate of drug-likeness (QED) is 0.637. The summed E-state index contributed by atoms with van der Waals surface area (Å²) >= 11 is 0. The van der Waals surface area contributed by atoms with E-state index >= 15 is 0 Å². The molecule has 1 aliphatic rings. The van der Waals surface area contributed by atoms with Crippen LogP contribution in [0.4, 0.5) is 0 Å². The fraction of sp³-hybridized carbons (Fsp3) is 0.800. The van der Waals surface area contributed by atoms with Crippen LogP contribution in [-0.4, -0.2) is 55.7 Å². The summed E-state index contributed by atoms with van der Waals surface area (Å²) in [6.07, 6.45) is -0.122. The summed E-state index contributed by atoms with van der Waals surface area (Å²) in [5, 5.41) is 0. The minimum absolute atomic E-state index is 0.113. The molecule has 0 aliphatic carbocycles. The number of amides is 1. The number of morpholine rings is 1. The van der Waals surface area contributed by atoms with E-state index in [1.54, 1.807) is 11.8 Å². The molecule has 2 N–H and O–H groups in total. The molecule has 1 rings (SSSR count). The Morgan fingerprint density at radius 3 is 2.88 bits per heavy atom. The van der Waals surface area contributed by atoms with E-state index in [1.165, 1.54) is 7.11 Å². The van der Waals surface area contributed by atoms with Gasteiger partial charge < -0.3 is 20.1 Å². The summed E-state index contributed by atoms with van der Waals surface area (Å²) in [5.74, 6) is -0.446. The molecule has 1 aliphatic heterocycles. The highest BCUT2D eigenvalue weighted by Gasteiger charge is 2.27. The summed E-state index contributed by atoms with van der Waals surface area (Å²) in [4.78, 5) is 24.3. The molecule has 0 radical (unpaired) electrons. The van der Waals surface area contributed by atoms with E-state index in [-0.39, 0.29) is 24.4 Å². The highest BCUT2D eigenvalue weighted by Crippen LogP contribution is 2.10. The third-order valence-electron chi connectivity index (χ3n) is 2.46. The van der Waals surface area contributed by atoms with Crippen LogP contribution in [0.5, 0.6) is 0 Å². The van der Waals surface area contributed by atoms with Crippen LogP contribution in [0.25, 0.3) is 0 Å². The number of esters is 1. The van der Waals surface area contributed by atoms with E-state index < -0.39 is 6.04 Å². The van der Waals surface area contributed by atoms with Gasteiger partial charge in [-0.2, -0.15) is 0 Å². The van der Waals surface area contributed by atoms with Gasteiger partial charge in [0, 0.05) is 13.1 Å². The Bertz CT molecular complexity index is 268. The minimum Gasteiger partial charge on any atom is -0.469 e. The molecule has 0 saturated carbocycles. The van der Waals surface area contributed by atoms with Crippen LogP contribution < -0.4 is 5.73 Å². The van der Waals surface area contributed by atoms with Crippen molar-refractivity contribution in [2.24, 2.45) is 5.73 Å². The Morgan fingerprint density at radius 2 is 2.31 bits per heavy atom. The maximum absolute atomic E-state index is 11.6. The molecule has 0 aromatic carbocycles. The Morgan fingerprint density at radius 1 is 1.62 bits per heavy atom. The van der Waals surface area contributed by atoms with Crippen molar-refractivity contribution in [3.8, 4) is 0 Å². The van der Waals surface area contributed by atoms with E-state index in [4.69, 9.17) is 10.5 Å². The zero-order valence-electron chi connectivity index (χ0n) is 9.64. The second kappa shape index (κ2) is 5.81. The molecular formula is C10H18N2O4. The first-order valence-corrected chi connectivity index (χ1v) is 5.27. The monoisotopic (exact) mass is 230 g/mol. The van der Waals surface area contributed by atoms with Crippen LogP contribution in [0.1, 0.15) is 13.3 Å². The topological polar surface area (TPSA) is 81.9 Å². The van der Waals surface area contributed by atoms with Crippen molar-refractivity contribution < 1.29 is 19.1 Å². The van der Waals surface area contributed by atoms with Crippen molar-refractivity contribution >= 4 is 11.9 Å². The number of hydrogen-bond donors (Lipinski definition) is 1. The molecule has 6 nitrogen and oxygen atoms in total. The van der Waals surface area contributed by atoms with Crippen molar-refractivity contribution in [3.05, 3.63) is 0 Å². The van der Waals surface area contributed by atoms with Crippen LogP contribution in [0, 0.1) is 0 Å². The van der Waals surface area contributed by atoms with Gasteiger partial charge in [-0.05, 0) is 6.92 Å². The number of nitrogens with two attached hydrogens (primary N) is 1. The number of carbonyl (C=O) groups is 2. The first kappa shape index (κ1) is 12.9. The van der Waals surface area contributed by atoms with Gasteiger partial charge in [0.1, 0.15) is 0 Å². The van der Waals surface area contributed by atoms with E-state index in [1.807, 2.05) is 0 Å². The van der Waals surface area contributed by atoms with Crippen molar-refractivity contribution in [2.45, 2.75) is 25.5 Å². The zero-order chi connectivity index (χ0) is 12.1. The van der Waals surface area contributed by atoms with Gasteiger partial charge in [0.25, 0.3) is 0 Å². The predicted octanol–water partition coefficient (Wildman–Crippen LogP) is -0.876. The Labute approximate surface area is 94.7 Å². The zero-order valence-corrected chi connectivity index (χ0v) is 9.64. The van der Waals surface area contributed by atoms with Crippen molar-refractivity contribution in [3.63, 3.8) is 0 Å². The molecule has 16 heavy (non-hydrogen) atoms. The summed E-state index contributed by atoms with van der Waals surface area (Å²) in [6, 6.07) is -0.517. The van der Waals surface area contributed by atoms with E-state index in [9.17, 15) is 9.59 Å². The SMILES string of the molecule is COC(=O)CC1CN(C(=O)[C@@H](C)N)CCO1. The Hall–Kier alpha value is -1.14. The number of nitrogens with zero attached hydrogens (tertiary/aromatic N) is 1. The molecule has 1 heterocycles. The molecular weight excluding hydrogens is 212 g/mol. The lowest BCUT2D eigenvalue weighted by Gasteiger charge is -2.33. The average molecular weight is 230 g/mol. The fourth-order valence-corrected chi connectivity index (χ4v) is 1.60. The van der Waals surface area contributed by atoms with Crippen LogP contribution in [0.15, 0.2) is 0 Å². The molecule has 1 fully saturated rings. The van der Waals surface area contributed by atoms with Crippen molar-refractivity contribution in [1.82, 2.24) is 4.90 Å². The van der Waals surface area contributed by atoms with E-state index in [0.29, 0.717) is 19.7 Å². The van der Waals surface area contributed by atoms with Gasteiger partial charge in [-0.15, -0.1) is 0 Å². The maximum Gasteiger partial charge on any atom is 0.308 e. The van der Waals surface area contributed by atoms with E-state index in [2.05, 4.69) is 4.74 Å². The van der Waals surface area contributed by atoms with Gasteiger partial charge in [0.05, 0.1) is 32.3 Å². The van der Waals surface area contributed by atoms with Gasteiger partial charge in [0.2, 0.25) is 5.91 Å². The molecule has 0 aromatic rings. The average Bonchev–Trinajstić information content (AvgIpc) is 2.28. The van der Waals surface area contributed by atoms with Crippen LogP contribution >= 0.6 is 0 Å². The van der Waals surface area contributed by atoms with Crippen LogP contribution in [-0.2, 0) is 19.1 Å². The molecule has 6 heteroatoms. The molecule has 2 atom stereocenters. The third-order valence-corrected chi connectivity index (χ3v) is 2.46. The fourth-order valence-electron chi connectivity index (χ4n) is 1.60. The molecule has 1 unspecified atom stereocenters. The highest BCUT2D eigenvalue weighted by molar-refractivity contribution is 5.81. The Kier molecular flexibility index (Phi) is 4.70. The lowest BCUT2D eigenvalue weighted by atomic mass is 10.2. The first-order chi connectivity index (χ1) is 7.54. The number of hydrogen-bond acceptors (Lipinski definition) is 5. The number of methoxy groups -OCH3 is 1. The van der Waals surface area contributed by atoms with Crippen LogP contribution in [0.3, 0.4) is 0 Å². The van der Waals surface area contributed by atoms with Crippen molar-refractivity contribution in [2.75, 3.05) is 26.8 Å². The number of ether oxygens (including phenoxy) is 2. The van der Waals surface area contributed by atoms with Crippen molar-refractivity contribution in [1.29, 1.82) is 0 Å². The normalized spacial score (nSPS) is 22.7. The van der Waals surface area contributed by atoms with Gasteiger partial charge >= 0.3 is 5.97 Å². The molecule has 0 spiro atoms. The second-order valence-corrected chi connectivity index (χ2v) is 3.85. The molecule has 1 amide bonds. The largest absolute Gasteiger partial charge is 0.469 e. The third kappa shape index (κ3) is 3.46. The minimum atomic E-state index is -0.517. The Balaban J connectivity index is 2.47. The first-order valence-electron chi connectivity index (χ1n) is 5.27. The summed E-state index contributed by atoms with van der Waals surface area (Å²) < 4.78 is 9.92. The molecule has 0 aromatic heterocycles. The van der Waals surface area contributed by atoms with Gasteiger partial charge in [-0.25, -0.2) is 0 Å². The summed E-state index contributed by atoms with van der Waals surface area (Å²) in [5.41, 5.74) is 5.52. The molecule has 92 valence electrons. The lowest BCUT2D eigenvalue weighted by Crippen LogP contribution is -2.51. The molecule has 1 saturated heterocycles. The van der Waals surface area contributed by atoms with Crippen LogP contribution in [0.2, 0.25) is 0 Å². The summed E-state index contributed by atoms with van der Waals surface area (Å²) in [6.45, 7) is 3.00. The van der Waals surface area contributed by atoms with Gasteiger partial charge in [0.15, 0.2) is 0 Å². The maximum atomic E-state index is 11.6. The summed E-state index contributed by atoms with van der Waals surface area (Å²) in [7, 11) is 1.33. The van der Waals surface area contributed by atoms with Gasteiger partial charge in [-0.1, -0.05) is 0 Å². The molecule has 0 bridgehead atoms. The smallest absolute Gasteiger partial charge is 0.308 e. The van der Waals surface area contributed by atoms with Gasteiger partial charge in [-0.3, -0.25) is 9.59 Å². The standard InChI is InChI=1S/C10H18N2O4/c1-7(11)10(14)12-3-4-16-8(6-12)5-9(13)15-2/h7-8H,3-6,11H2,1-2H3/t7-,8?/m1/s1. The highest BCUT2D eigenvalue weighted by atomic mass is 16.5. The number of rotatable bonds is 3.